The Hall–Kier alpha value is -3.33. The van der Waals surface area contributed by atoms with Crippen molar-refractivity contribution in [3.05, 3.63) is 95.1 Å². The van der Waals surface area contributed by atoms with Gasteiger partial charge in [-0.15, -0.1) is 0 Å². The van der Waals surface area contributed by atoms with Crippen LogP contribution in [0.2, 0.25) is 0 Å². The van der Waals surface area contributed by atoms with Crippen molar-refractivity contribution in [3.63, 3.8) is 0 Å². The molecular formula is C23H21F3N2O3S. The maximum Gasteiger partial charge on any atom is 0.416 e. The first-order valence-corrected chi connectivity index (χ1v) is 11.0. The van der Waals surface area contributed by atoms with E-state index in [1.54, 1.807) is 18.2 Å². The number of nitrogens with zero attached hydrogens (tertiary/aromatic N) is 1. The summed E-state index contributed by atoms with van der Waals surface area (Å²) in [6, 6.07) is 17.1. The second-order valence-electron chi connectivity index (χ2n) is 7.22. The molecule has 3 aromatic carbocycles. The number of amides is 1. The summed E-state index contributed by atoms with van der Waals surface area (Å²) in [5.41, 5.74) is 0.876. The molecule has 0 aliphatic rings. The quantitative estimate of drug-likeness (QED) is 0.574. The van der Waals surface area contributed by atoms with Crippen LogP contribution in [0.1, 0.15) is 27.0 Å². The van der Waals surface area contributed by atoms with Crippen LogP contribution >= 0.6 is 0 Å². The minimum Gasteiger partial charge on any atom is -0.348 e. The predicted octanol–water partition coefficient (Wildman–Crippen LogP) is 4.77. The van der Waals surface area contributed by atoms with Crippen molar-refractivity contribution < 1.29 is 26.4 Å². The lowest BCUT2D eigenvalue weighted by atomic mass is 10.1. The lowest BCUT2D eigenvalue weighted by Gasteiger charge is -2.20. The van der Waals surface area contributed by atoms with Crippen molar-refractivity contribution in [2.45, 2.75) is 24.5 Å². The molecule has 3 rings (SSSR count). The average Bonchev–Trinajstić information content (AvgIpc) is 2.77. The number of sulfonamides is 1. The summed E-state index contributed by atoms with van der Waals surface area (Å²) in [5.74, 6) is -0.537. The van der Waals surface area contributed by atoms with Crippen LogP contribution in [0.15, 0.2) is 77.7 Å². The van der Waals surface area contributed by atoms with Crippen LogP contribution in [0, 0.1) is 6.92 Å². The number of rotatable bonds is 6. The lowest BCUT2D eigenvalue weighted by molar-refractivity contribution is -0.137. The zero-order valence-corrected chi connectivity index (χ0v) is 18.2. The summed E-state index contributed by atoms with van der Waals surface area (Å²) in [6.45, 7) is 1.74. The molecule has 0 heterocycles. The minimum absolute atomic E-state index is 0.107. The van der Waals surface area contributed by atoms with E-state index in [4.69, 9.17) is 0 Å². The number of nitrogens with one attached hydrogen (secondary N) is 1. The molecule has 0 aliphatic heterocycles. The van der Waals surface area contributed by atoms with E-state index in [0.29, 0.717) is 5.56 Å². The van der Waals surface area contributed by atoms with E-state index in [2.05, 4.69) is 5.32 Å². The van der Waals surface area contributed by atoms with Crippen molar-refractivity contribution in [1.82, 2.24) is 5.32 Å². The average molecular weight is 462 g/mol. The van der Waals surface area contributed by atoms with Gasteiger partial charge in [-0.2, -0.15) is 13.2 Å². The van der Waals surface area contributed by atoms with E-state index in [1.807, 2.05) is 6.92 Å². The standard InChI is InChI=1S/C23H21F3N2O3S/c1-16-9-11-21(12-10-16)32(30,31)28(2)20-8-4-6-18(14-20)22(29)27-15-17-5-3-7-19(13-17)23(24,25)26/h3-14H,15H2,1-2H3,(H,27,29). The largest absolute Gasteiger partial charge is 0.416 e. The normalized spacial score (nSPS) is 11.8. The maximum absolute atomic E-state index is 12.9. The number of carbonyl (C=O) groups excluding carboxylic acids is 1. The van der Waals surface area contributed by atoms with Gasteiger partial charge in [-0.3, -0.25) is 9.10 Å². The highest BCUT2D eigenvalue weighted by Gasteiger charge is 2.30. The molecule has 3 aromatic rings. The Kier molecular flexibility index (Phi) is 6.59. The summed E-state index contributed by atoms with van der Waals surface area (Å²) in [4.78, 5) is 12.6. The Morgan fingerprint density at radius 2 is 1.62 bits per heavy atom. The first kappa shape index (κ1) is 23.3. The molecule has 0 spiro atoms. The van der Waals surface area contributed by atoms with E-state index in [-0.39, 0.29) is 22.7 Å². The van der Waals surface area contributed by atoms with Gasteiger partial charge in [0.15, 0.2) is 0 Å². The van der Waals surface area contributed by atoms with Gasteiger partial charge in [0.2, 0.25) is 0 Å². The summed E-state index contributed by atoms with van der Waals surface area (Å²) < 4.78 is 65.4. The monoisotopic (exact) mass is 462 g/mol. The molecule has 0 unspecified atom stereocenters. The van der Waals surface area contributed by atoms with Crippen molar-refractivity contribution in [2.24, 2.45) is 0 Å². The van der Waals surface area contributed by atoms with Crippen LogP contribution in [0.4, 0.5) is 18.9 Å². The molecule has 168 valence electrons. The lowest BCUT2D eigenvalue weighted by Crippen LogP contribution is -2.27. The molecule has 0 aromatic heterocycles. The van der Waals surface area contributed by atoms with E-state index in [9.17, 15) is 26.4 Å². The maximum atomic E-state index is 12.9. The molecule has 1 amide bonds. The van der Waals surface area contributed by atoms with Crippen molar-refractivity contribution >= 4 is 21.6 Å². The van der Waals surface area contributed by atoms with Gasteiger partial charge in [-0.1, -0.05) is 35.9 Å². The van der Waals surface area contributed by atoms with Crippen molar-refractivity contribution in [3.8, 4) is 0 Å². The first-order chi connectivity index (χ1) is 15.0. The zero-order valence-electron chi connectivity index (χ0n) is 17.3. The second kappa shape index (κ2) is 9.04. The summed E-state index contributed by atoms with van der Waals surface area (Å²) in [7, 11) is -2.45. The molecule has 5 nitrogen and oxygen atoms in total. The van der Waals surface area contributed by atoms with Crippen LogP contribution < -0.4 is 9.62 Å². The Morgan fingerprint density at radius 3 is 2.28 bits per heavy atom. The van der Waals surface area contributed by atoms with Gasteiger partial charge in [0.05, 0.1) is 16.1 Å². The molecule has 0 saturated heterocycles. The van der Waals surface area contributed by atoms with E-state index in [1.165, 1.54) is 49.5 Å². The topological polar surface area (TPSA) is 66.5 Å². The Labute approximate surface area is 184 Å². The van der Waals surface area contributed by atoms with Crippen molar-refractivity contribution in [1.29, 1.82) is 0 Å². The van der Waals surface area contributed by atoms with Crippen LogP contribution in [0.3, 0.4) is 0 Å². The third-order valence-electron chi connectivity index (χ3n) is 4.86. The molecule has 0 atom stereocenters. The van der Waals surface area contributed by atoms with E-state index < -0.39 is 27.7 Å². The third-order valence-corrected chi connectivity index (χ3v) is 6.66. The second-order valence-corrected chi connectivity index (χ2v) is 9.19. The van der Waals surface area contributed by atoms with Crippen LogP contribution in [0.25, 0.3) is 0 Å². The SMILES string of the molecule is Cc1ccc(S(=O)(=O)N(C)c2cccc(C(=O)NCc3cccc(C(F)(F)F)c3)c2)cc1. The molecule has 0 aliphatic carbocycles. The van der Waals surface area contributed by atoms with Gasteiger partial charge in [0, 0.05) is 19.2 Å². The van der Waals surface area contributed by atoms with E-state index >= 15 is 0 Å². The van der Waals surface area contributed by atoms with E-state index in [0.717, 1.165) is 22.0 Å². The highest BCUT2D eigenvalue weighted by atomic mass is 32.2. The van der Waals surface area contributed by atoms with Gasteiger partial charge < -0.3 is 5.32 Å². The van der Waals surface area contributed by atoms with Gasteiger partial charge in [-0.05, 0) is 55.0 Å². The number of carbonyl (C=O) groups is 1. The number of aryl methyl sites for hydroxylation is 1. The summed E-state index contributed by atoms with van der Waals surface area (Å²) in [6.07, 6.45) is -4.47. The molecule has 9 heteroatoms. The van der Waals surface area contributed by atoms with Crippen LogP contribution in [0.5, 0.6) is 0 Å². The van der Waals surface area contributed by atoms with Gasteiger partial charge >= 0.3 is 6.18 Å². The Morgan fingerprint density at radius 1 is 0.969 bits per heavy atom. The van der Waals surface area contributed by atoms with Gasteiger partial charge in [-0.25, -0.2) is 8.42 Å². The molecule has 32 heavy (non-hydrogen) atoms. The molecule has 0 saturated carbocycles. The highest BCUT2D eigenvalue weighted by Crippen LogP contribution is 2.29. The number of alkyl halides is 3. The summed E-state index contributed by atoms with van der Waals surface area (Å²) >= 11 is 0. The van der Waals surface area contributed by atoms with Gasteiger partial charge in [0.1, 0.15) is 0 Å². The first-order valence-electron chi connectivity index (χ1n) is 9.58. The number of hydrogen-bond donors (Lipinski definition) is 1. The van der Waals surface area contributed by atoms with Crippen LogP contribution in [-0.4, -0.2) is 21.4 Å². The van der Waals surface area contributed by atoms with Crippen molar-refractivity contribution in [2.75, 3.05) is 11.4 Å². The smallest absolute Gasteiger partial charge is 0.348 e. The molecule has 0 fully saturated rings. The Bertz CT molecular complexity index is 1220. The number of halogens is 3. The highest BCUT2D eigenvalue weighted by molar-refractivity contribution is 7.92. The fourth-order valence-electron chi connectivity index (χ4n) is 2.99. The fourth-order valence-corrected chi connectivity index (χ4v) is 4.18. The number of benzene rings is 3. The molecule has 1 N–H and O–H groups in total. The summed E-state index contributed by atoms with van der Waals surface area (Å²) in [5, 5.41) is 2.56. The molecule has 0 radical (unpaired) electrons. The van der Waals surface area contributed by atoms with Gasteiger partial charge in [0.25, 0.3) is 15.9 Å². The number of hydrogen-bond acceptors (Lipinski definition) is 3. The molecular weight excluding hydrogens is 441 g/mol. The third kappa shape index (κ3) is 5.28. The predicted molar refractivity (Wildman–Crippen MR) is 116 cm³/mol. The minimum atomic E-state index is -4.47. The fraction of sp³-hybridized carbons (Fsp3) is 0.174. The Balaban J connectivity index is 1.75. The molecule has 0 bridgehead atoms. The zero-order chi connectivity index (χ0) is 23.5. The number of anilines is 1. The van der Waals surface area contributed by atoms with Crippen LogP contribution in [-0.2, 0) is 22.7 Å².